The average Bonchev–Trinajstić information content (AvgIpc) is 3.16. The first-order valence-electron chi connectivity index (χ1n) is 8.40. The zero-order valence-corrected chi connectivity index (χ0v) is 15.9. The van der Waals surface area contributed by atoms with Gasteiger partial charge in [-0.15, -0.1) is 11.3 Å². The summed E-state index contributed by atoms with van der Waals surface area (Å²) >= 11 is 1.35. The molecule has 148 valence electrons. The first-order chi connectivity index (χ1) is 13.1. The normalized spacial score (nSPS) is 11.8. The standard InChI is InChI=1S/C19H17F3N2O3S/c1-11(2)27-18(26)15-8-12-6-7-28-17(12)24(15)10-16(25)23-14-5-3-4-13(9-14)19(20,21)22/h3-9,11H,10H2,1-2H3,(H,23,25). The second kappa shape index (κ2) is 7.67. The van der Waals surface area contributed by atoms with Crippen molar-refractivity contribution in [2.24, 2.45) is 0 Å². The van der Waals surface area contributed by atoms with Crippen LogP contribution in [0.3, 0.4) is 0 Å². The Morgan fingerprint density at radius 1 is 1.21 bits per heavy atom. The van der Waals surface area contributed by atoms with Crippen molar-refractivity contribution in [3.63, 3.8) is 0 Å². The third kappa shape index (κ3) is 4.36. The molecule has 1 N–H and O–H groups in total. The number of anilines is 1. The molecule has 0 aliphatic carbocycles. The number of alkyl halides is 3. The molecule has 0 saturated heterocycles. The van der Waals surface area contributed by atoms with Crippen molar-refractivity contribution in [1.82, 2.24) is 4.57 Å². The quantitative estimate of drug-likeness (QED) is 0.607. The minimum Gasteiger partial charge on any atom is -0.458 e. The van der Waals surface area contributed by atoms with E-state index in [1.54, 1.807) is 19.9 Å². The lowest BCUT2D eigenvalue weighted by Crippen LogP contribution is -2.23. The van der Waals surface area contributed by atoms with Gasteiger partial charge in [0, 0.05) is 11.1 Å². The number of carbonyl (C=O) groups is 2. The molecule has 2 heterocycles. The highest BCUT2D eigenvalue weighted by Gasteiger charge is 2.30. The molecule has 2 aromatic heterocycles. The fourth-order valence-electron chi connectivity index (χ4n) is 2.69. The van der Waals surface area contributed by atoms with Crippen molar-refractivity contribution in [2.75, 3.05) is 5.32 Å². The van der Waals surface area contributed by atoms with E-state index in [0.29, 0.717) is 4.83 Å². The molecule has 5 nitrogen and oxygen atoms in total. The van der Waals surface area contributed by atoms with E-state index in [9.17, 15) is 22.8 Å². The molecule has 0 saturated carbocycles. The SMILES string of the molecule is CC(C)OC(=O)c1cc2ccsc2n1CC(=O)Nc1cccc(C(F)(F)F)c1. The number of fused-ring (bicyclic) bond motifs is 1. The number of hydrogen-bond acceptors (Lipinski definition) is 4. The van der Waals surface area contributed by atoms with Crippen LogP contribution in [-0.2, 0) is 22.3 Å². The van der Waals surface area contributed by atoms with Gasteiger partial charge in [-0.3, -0.25) is 4.79 Å². The van der Waals surface area contributed by atoms with Crippen molar-refractivity contribution in [3.8, 4) is 0 Å². The average molecular weight is 410 g/mol. The van der Waals surface area contributed by atoms with E-state index >= 15 is 0 Å². The topological polar surface area (TPSA) is 60.3 Å². The minimum absolute atomic E-state index is 0.0284. The molecule has 28 heavy (non-hydrogen) atoms. The van der Waals surface area contributed by atoms with Gasteiger partial charge in [0.1, 0.15) is 17.1 Å². The summed E-state index contributed by atoms with van der Waals surface area (Å²) < 4.78 is 45.2. The lowest BCUT2D eigenvalue weighted by molar-refractivity contribution is -0.137. The van der Waals surface area contributed by atoms with E-state index in [0.717, 1.165) is 17.5 Å². The number of aromatic nitrogens is 1. The summed E-state index contributed by atoms with van der Waals surface area (Å²) in [4.78, 5) is 25.5. The number of benzene rings is 1. The third-order valence-corrected chi connectivity index (χ3v) is 4.78. The van der Waals surface area contributed by atoms with E-state index < -0.39 is 23.6 Å². The molecule has 0 radical (unpaired) electrons. The van der Waals surface area contributed by atoms with Crippen molar-refractivity contribution in [2.45, 2.75) is 32.7 Å². The Hall–Kier alpha value is -2.81. The van der Waals surface area contributed by atoms with Crippen LogP contribution in [0.1, 0.15) is 29.9 Å². The molecule has 3 aromatic rings. The number of rotatable bonds is 5. The number of hydrogen-bond donors (Lipinski definition) is 1. The monoisotopic (exact) mass is 410 g/mol. The summed E-state index contributed by atoms with van der Waals surface area (Å²) in [5, 5.41) is 5.06. The zero-order valence-electron chi connectivity index (χ0n) is 15.0. The molecule has 0 atom stereocenters. The summed E-state index contributed by atoms with van der Waals surface area (Å²) in [6, 6.07) is 7.83. The maximum atomic E-state index is 12.8. The van der Waals surface area contributed by atoms with Crippen LogP contribution in [0.15, 0.2) is 41.8 Å². The van der Waals surface area contributed by atoms with Crippen molar-refractivity contribution < 1.29 is 27.5 Å². The molecule has 1 amide bonds. The van der Waals surface area contributed by atoms with Crippen molar-refractivity contribution >= 4 is 39.1 Å². The van der Waals surface area contributed by atoms with Crippen molar-refractivity contribution in [1.29, 1.82) is 0 Å². The number of halogens is 3. The van der Waals surface area contributed by atoms with E-state index in [1.807, 2.05) is 11.4 Å². The highest BCUT2D eigenvalue weighted by Crippen LogP contribution is 2.31. The van der Waals surface area contributed by atoms with Crippen LogP contribution in [0.25, 0.3) is 10.2 Å². The fourth-order valence-corrected chi connectivity index (χ4v) is 3.59. The lowest BCUT2D eigenvalue weighted by atomic mass is 10.2. The van der Waals surface area contributed by atoms with Gasteiger partial charge in [-0.2, -0.15) is 13.2 Å². The second-order valence-electron chi connectivity index (χ2n) is 6.38. The summed E-state index contributed by atoms with van der Waals surface area (Å²) in [6.45, 7) is 3.20. The smallest absolute Gasteiger partial charge is 0.416 e. The van der Waals surface area contributed by atoms with Gasteiger partial charge >= 0.3 is 12.1 Å². The van der Waals surface area contributed by atoms with Gasteiger partial charge in [-0.25, -0.2) is 4.79 Å². The molecule has 0 unspecified atom stereocenters. The highest BCUT2D eigenvalue weighted by atomic mass is 32.1. The number of thiophene rings is 1. The van der Waals surface area contributed by atoms with Crippen LogP contribution in [-0.4, -0.2) is 22.5 Å². The number of nitrogens with zero attached hydrogens (tertiary/aromatic N) is 1. The van der Waals surface area contributed by atoms with Crippen LogP contribution in [0.5, 0.6) is 0 Å². The lowest BCUT2D eigenvalue weighted by Gasteiger charge is -2.13. The molecule has 0 fully saturated rings. The summed E-state index contributed by atoms with van der Waals surface area (Å²) in [7, 11) is 0. The fraction of sp³-hybridized carbons (Fsp3) is 0.263. The largest absolute Gasteiger partial charge is 0.458 e. The molecule has 0 aliphatic rings. The van der Waals surface area contributed by atoms with Gasteiger partial charge < -0.3 is 14.6 Å². The molecule has 1 aromatic carbocycles. The Labute approximate surface area is 162 Å². The van der Waals surface area contributed by atoms with Gasteiger partial charge in [0.05, 0.1) is 11.7 Å². The minimum atomic E-state index is -4.50. The van der Waals surface area contributed by atoms with Crippen molar-refractivity contribution in [3.05, 3.63) is 53.0 Å². The number of ether oxygens (including phenoxy) is 1. The van der Waals surface area contributed by atoms with Gasteiger partial charge in [0.2, 0.25) is 5.91 Å². The summed E-state index contributed by atoms with van der Waals surface area (Å²) in [6.07, 6.45) is -4.83. The summed E-state index contributed by atoms with van der Waals surface area (Å²) in [5.74, 6) is -1.12. The summed E-state index contributed by atoms with van der Waals surface area (Å²) in [5.41, 5.74) is -0.608. The molecule has 0 spiro atoms. The van der Waals surface area contributed by atoms with Crippen LogP contribution in [0.2, 0.25) is 0 Å². The van der Waals surface area contributed by atoms with Gasteiger partial charge in [-0.1, -0.05) is 6.07 Å². The predicted octanol–water partition coefficient (Wildman–Crippen LogP) is 4.93. The molecular formula is C19H17F3N2O3S. The Kier molecular flexibility index (Phi) is 5.46. The highest BCUT2D eigenvalue weighted by molar-refractivity contribution is 7.16. The maximum Gasteiger partial charge on any atom is 0.416 e. The Balaban J connectivity index is 1.83. The van der Waals surface area contributed by atoms with Gasteiger partial charge in [0.25, 0.3) is 0 Å². The van der Waals surface area contributed by atoms with Crippen LogP contribution in [0, 0.1) is 0 Å². The zero-order chi connectivity index (χ0) is 20.5. The van der Waals surface area contributed by atoms with E-state index in [1.165, 1.54) is 28.0 Å². The third-order valence-electron chi connectivity index (χ3n) is 3.83. The first-order valence-corrected chi connectivity index (χ1v) is 9.28. The number of amides is 1. The molecule has 3 rings (SSSR count). The Morgan fingerprint density at radius 2 is 1.96 bits per heavy atom. The first kappa shape index (κ1) is 19.9. The maximum absolute atomic E-state index is 12.8. The van der Waals surface area contributed by atoms with Crippen LogP contribution >= 0.6 is 11.3 Å². The molecule has 0 bridgehead atoms. The van der Waals surface area contributed by atoms with Gasteiger partial charge in [0.15, 0.2) is 0 Å². The molecule has 9 heteroatoms. The number of nitrogens with one attached hydrogen (secondary N) is 1. The van der Waals surface area contributed by atoms with Gasteiger partial charge in [-0.05, 0) is 49.6 Å². The number of esters is 1. The van der Waals surface area contributed by atoms with E-state index in [-0.39, 0.29) is 24.0 Å². The molecule has 0 aliphatic heterocycles. The Bertz CT molecular complexity index is 1020. The Morgan fingerprint density at radius 3 is 2.64 bits per heavy atom. The van der Waals surface area contributed by atoms with Crippen LogP contribution in [0.4, 0.5) is 18.9 Å². The van der Waals surface area contributed by atoms with Crippen LogP contribution < -0.4 is 5.32 Å². The predicted molar refractivity (Wildman–Crippen MR) is 100 cm³/mol. The molecular weight excluding hydrogens is 393 g/mol. The number of carbonyl (C=O) groups excluding carboxylic acids is 2. The van der Waals surface area contributed by atoms with E-state index in [2.05, 4.69) is 5.32 Å². The van der Waals surface area contributed by atoms with E-state index in [4.69, 9.17) is 4.74 Å². The second-order valence-corrected chi connectivity index (χ2v) is 7.27.